The molecule has 1 N–H and O–H groups in total. The zero-order chi connectivity index (χ0) is 19.6. The van der Waals surface area contributed by atoms with Crippen LogP contribution in [0.2, 0.25) is 0 Å². The van der Waals surface area contributed by atoms with Crippen molar-refractivity contribution in [2.45, 2.75) is 28.0 Å². The number of nitrogens with one attached hydrogen (secondary N) is 1. The summed E-state index contributed by atoms with van der Waals surface area (Å²) in [6.07, 6.45) is 7.92. The first kappa shape index (κ1) is 18.9. The minimum atomic E-state index is -3.50. The first-order chi connectivity index (χ1) is 13.5. The van der Waals surface area contributed by atoms with Gasteiger partial charge in [-0.25, -0.2) is 13.1 Å². The molecule has 1 aromatic carbocycles. The molecule has 0 unspecified atom stereocenters. The van der Waals surface area contributed by atoms with Crippen LogP contribution in [0, 0.1) is 6.92 Å². The van der Waals surface area contributed by atoms with E-state index in [0.717, 1.165) is 26.7 Å². The number of pyridine rings is 2. The van der Waals surface area contributed by atoms with Crippen molar-refractivity contribution < 1.29 is 8.42 Å². The monoisotopic (exact) mass is 412 g/mol. The van der Waals surface area contributed by atoms with Crippen molar-refractivity contribution in [3.05, 3.63) is 66.7 Å². The van der Waals surface area contributed by atoms with Gasteiger partial charge in [0.2, 0.25) is 10.0 Å². The fourth-order valence-corrected chi connectivity index (χ4v) is 5.17. The number of fused-ring (bicyclic) bond motifs is 2. The fraction of sp³-hybridized carbons (Fsp3) is 0.200. The fourth-order valence-electron chi connectivity index (χ4n) is 3.07. The molecule has 0 bridgehead atoms. The van der Waals surface area contributed by atoms with Crippen molar-refractivity contribution in [3.8, 4) is 0 Å². The molecule has 3 heterocycles. The molecule has 2 aromatic heterocycles. The second-order valence-electron chi connectivity index (χ2n) is 6.50. The van der Waals surface area contributed by atoms with E-state index in [-0.39, 0.29) is 0 Å². The SMILES string of the molecule is Cc1ccc(S(=O)(=O)NCCCN2c3ccncc3Sc3ccncc32)cc1. The Balaban J connectivity index is 1.45. The Bertz CT molecular complexity index is 1040. The van der Waals surface area contributed by atoms with Crippen LogP contribution in [0.4, 0.5) is 11.4 Å². The summed E-state index contributed by atoms with van der Waals surface area (Å²) in [6.45, 7) is 2.96. The lowest BCUT2D eigenvalue weighted by Crippen LogP contribution is -2.29. The van der Waals surface area contributed by atoms with Crippen LogP contribution in [0.3, 0.4) is 0 Å². The predicted molar refractivity (Wildman–Crippen MR) is 111 cm³/mol. The van der Waals surface area contributed by atoms with Crippen LogP contribution >= 0.6 is 11.8 Å². The highest BCUT2D eigenvalue weighted by Crippen LogP contribution is 2.47. The first-order valence-electron chi connectivity index (χ1n) is 8.94. The van der Waals surface area contributed by atoms with Gasteiger partial charge in [-0.3, -0.25) is 9.97 Å². The smallest absolute Gasteiger partial charge is 0.240 e. The molecule has 0 fully saturated rings. The van der Waals surface area contributed by atoms with Crippen LogP contribution < -0.4 is 9.62 Å². The van der Waals surface area contributed by atoms with Crippen LogP contribution in [0.5, 0.6) is 0 Å². The molecule has 6 nitrogen and oxygen atoms in total. The second kappa shape index (κ2) is 7.90. The number of hydrogen-bond acceptors (Lipinski definition) is 6. The minimum absolute atomic E-state index is 0.290. The van der Waals surface area contributed by atoms with Gasteiger partial charge in [-0.05, 0) is 37.6 Å². The van der Waals surface area contributed by atoms with Gasteiger partial charge in [0, 0.05) is 36.6 Å². The van der Waals surface area contributed by atoms with Crippen molar-refractivity contribution in [1.82, 2.24) is 14.7 Å². The van der Waals surface area contributed by atoms with Gasteiger partial charge in [-0.2, -0.15) is 0 Å². The number of sulfonamides is 1. The highest BCUT2D eigenvalue weighted by molar-refractivity contribution is 7.99. The molecule has 0 saturated carbocycles. The standard InChI is InChI=1S/C20H20N4O2S2/c1-15-3-5-16(6-4-15)28(25,26)23-9-2-12-24-17-7-10-22-14-20(17)27-19-8-11-21-13-18(19)24/h3-8,10-11,13-14,23H,2,9,12H2,1H3. The average molecular weight is 413 g/mol. The van der Waals surface area contributed by atoms with E-state index in [4.69, 9.17) is 0 Å². The molecule has 0 saturated heterocycles. The van der Waals surface area contributed by atoms with Crippen molar-refractivity contribution in [2.75, 3.05) is 18.0 Å². The molecule has 0 aliphatic carbocycles. The second-order valence-corrected chi connectivity index (χ2v) is 9.36. The minimum Gasteiger partial charge on any atom is -0.338 e. The number of rotatable bonds is 6. The van der Waals surface area contributed by atoms with Gasteiger partial charge in [-0.15, -0.1) is 0 Å². The third kappa shape index (κ3) is 3.89. The summed E-state index contributed by atoms with van der Waals surface area (Å²) in [5.41, 5.74) is 3.14. The van der Waals surface area contributed by atoms with Crippen LogP contribution in [0.25, 0.3) is 0 Å². The van der Waals surface area contributed by atoms with E-state index in [1.165, 1.54) is 0 Å². The molecule has 28 heavy (non-hydrogen) atoms. The van der Waals surface area contributed by atoms with E-state index in [1.807, 2.05) is 31.5 Å². The molecule has 8 heteroatoms. The Kier molecular flexibility index (Phi) is 5.34. The van der Waals surface area contributed by atoms with Crippen molar-refractivity contribution in [3.63, 3.8) is 0 Å². The zero-order valence-electron chi connectivity index (χ0n) is 15.4. The summed E-state index contributed by atoms with van der Waals surface area (Å²) in [5.74, 6) is 0. The molecule has 1 aliphatic heterocycles. The summed E-state index contributed by atoms with van der Waals surface area (Å²) in [4.78, 5) is 13.1. The van der Waals surface area contributed by atoms with Gasteiger partial charge in [0.15, 0.2) is 0 Å². The lowest BCUT2D eigenvalue weighted by Gasteiger charge is -2.32. The first-order valence-corrected chi connectivity index (χ1v) is 11.2. The molecular formula is C20H20N4O2S2. The van der Waals surface area contributed by atoms with Gasteiger partial charge < -0.3 is 4.90 Å². The summed E-state index contributed by atoms with van der Waals surface area (Å²) in [7, 11) is -3.50. The Morgan fingerprint density at radius 3 is 2.54 bits per heavy atom. The summed E-state index contributed by atoms with van der Waals surface area (Å²) < 4.78 is 27.6. The van der Waals surface area contributed by atoms with Crippen LogP contribution in [0.1, 0.15) is 12.0 Å². The zero-order valence-corrected chi connectivity index (χ0v) is 17.0. The van der Waals surface area contributed by atoms with Crippen molar-refractivity contribution >= 4 is 33.2 Å². The molecule has 0 amide bonds. The van der Waals surface area contributed by atoms with Gasteiger partial charge in [0.25, 0.3) is 0 Å². The molecule has 144 valence electrons. The Morgan fingerprint density at radius 2 is 1.71 bits per heavy atom. The summed E-state index contributed by atoms with van der Waals surface area (Å²) in [6, 6.07) is 10.8. The Morgan fingerprint density at radius 1 is 0.964 bits per heavy atom. The highest BCUT2D eigenvalue weighted by Gasteiger charge is 2.23. The van der Waals surface area contributed by atoms with E-state index in [0.29, 0.717) is 24.4 Å². The van der Waals surface area contributed by atoms with Gasteiger partial charge in [-0.1, -0.05) is 29.5 Å². The van der Waals surface area contributed by atoms with E-state index < -0.39 is 10.0 Å². The molecule has 0 radical (unpaired) electrons. The van der Waals surface area contributed by atoms with E-state index in [1.54, 1.807) is 48.4 Å². The number of anilines is 2. The lowest BCUT2D eigenvalue weighted by molar-refractivity contribution is 0.579. The summed E-state index contributed by atoms with van der Waals surface area (Å²) >= 11 is 1.67. The number of nitrogens with zero attached hydrogens (tertiary/aromatic N) is 3. The maximum atomic E-state index is 12.4. The molecule has 0 spiro atoms. The van der Waals surface area contributed by atoms with Crippen molar-refractivity contribution in [2.24, 2.45) is 0 Å². The third-order valence-corrected chi connectivity index (χ3v) is 7.08. The number of hydrogen-bond donors (Lipinski definition) is 1. The largest absolute Gasteiger partial charge is 0.338 e. The molecule has 1 aliphatic rings. The van der Waals surface area contributed by atoms with Gasteiger partial charge in [0.1, 0.15) is 0 Å². The van der Waals surface area contributed by atoms with Crippen LogP contribution in [0.15, 0.2) is 75.9 Å². The van der Waals surface area contributed by atoms with E-state index in [9.17, 15) is 8.42 Å². The predicted octanol–water partition coefficient (Wildman–Crippen LogP) is 3.76. The van der Waals surface area contributed by atoms with E-state index in [2.05, 4.69) is 19.6 Å². The topological polar surface area (TPSA) is 75.2 Å². The molecule has 0 atom stereocenters. The maximum absolute atomic E-state index is 12.4. The average Bonchev–Trinajstić information content (AvgIpc) is 2.70. The number of aryl methyl sites for hydroxylation is 1. The third-order valence-electron chi connectivity index (χ3n) is 4.51. The Hall–Kier alpha value is -2.42. The highest BCUT2D eigenvalue weighted by atomic mass is 32.2. The summed E-state index contributed by atoms with van der Waals surface area (Å²) in [5, 5.41) is 0. The van der Waals surface area contributed by atoms with E-state index >= 15 is 0 Å². The van der Waals surface area contributed by atoms with Crippen molar-refractivity contribution in [1.29, 1.82) is 0 Å². The quantitative estimate of drug-likeness (QED) is 0.622. The van der Waals surface area contributed by atoms with Crippen LogP contribution in [-0.4, -0.2) is 31.5 Å². The molecule has 4 rings (SSSR count). The molecule has 3 aromatic rings. The number of benzene rings is 1. The molecular weight excluding hydrogens is 392 g/mol. The van der Waals surface area contributed by atoms with Crippen LogP contribution in [-0.2, 0) is 10.0 Å². The van der Waals surface area contributed by atoms with Gasteiger partial charge in [0.05, 0.1) is 27.4 Å². The maximum Gasteiger partial charge on any atom is 0.240 e. The van der Waals surface area contributed by atoms with Gasteiger partial charge >= 0.3 is 0 Å². The Labute approximate surface area is 169 Å². The lowest BCUT2D eigenvalue weighted by atomic mass is 10.2. The number of aromatic nitrogens is 2. The normalized spacial score (nSPS) is 13.1.